The molecule has 0 aliphatic carbocycles. The Balaban J connectivity index is 2.04. The summed E-state index contributed by atoms with van der Waals surface area (Å²) in [4.78, 5) is 15.8. The van der Waals surface area contributed by atoms with Crippen molar-refractivity contribution in [3.8, 4) is 0 Å². The highest BCUT2D eigenvalue weighted by molar-refractivity contribution is 5.67. The van der Waals surface area contributed by atoms with E-state index in [2.05, 4.69) is 24.1 Å². The van der Waals surface area contributed by atoms with Crippen molar-refractivity contribution < 1.29 is 9.52 Å². The molecule has 0 spiro atoms. The first-order valence-corrected chi connectivity index (χ1v) is 6.41. The molecule has 2 heterocycles. The molecular formula is C13H19N3O3. The monoisotopic (exact) mass is 265 g/mol. The Morgan fingerprint density at radius 1 is 1.47 bits per heavy atom. The minimum absolute atomic E-state index is 0.175. The van der Waals surface area contributed by atoms with E-state index in [1.54, 1.807) is 18.3 Å². The van der Waals surface area contributed by atoms with Gasteiger partial charge in [-0.3, -0.25) is 4.57 Å². The Morgan fingerprint density at radius 3 is 3.00 bits per heavy atom. The number of nitrogens with one attached hydrogen (secondary N) is 1. The molecular weight excluding hydrogens is 246 g/mol. The first kappa shape index (κ1) is 13.8. The zero-order valence-electron chi connectivity index (χ0n) is 11.2. The molecule has 2 aromatic rings. The summed E-state index contributed by atoms with van der Waals surface area (Å²) in [5, 5.41) is 13.1. The molecule has 0 fully saturated rings. The molecule has 2 aromatic heterocycles. The lowest BCUT2D eigenvalue weighted by atomic mass is 10.2. The van der Waals surface area contributed by atoms with Gasteiger partial charge in [-0.1, -0.05) is 13.8 Å². The van der Waals surface area contributed by atoms with Gasteiger partial charge in [-0.15, -0.1) is 0 Å². The maximum absolute atomic E-state index is 11.7. The number of rotatable bonds is 6. The number of nitrogens with zero attached hydrogens (tertiary/aromatic N) is 2. The van der Waals surface area contributed by atoms with Crippen molar-refractivity contribution in [2.24, 2.45) is 5.92 Å². The van der Waals surface area contributed by atoms with Crippen molar-refractivity contribution >= 4 is 11.2 Å². The van der Waals surface area contributed by atoms with Crippen LogP contribution in [-0.4, -0.2) is 33.9 Å². The quantitative estimate of drug-likeness (QED) is 0.799. The fourth-order valence-electron chi connectivity index (χ4n) is 1.88. The van der Waals surface area contributed by atoms with Gasteiger partial charge in [-0.25, -0.2) is 9.78 Å². The fourth-order valence-corrected chi connectivity index (χ4v) is 1.88. The first-order valence-electron chi connectivity index (χ1n) is 6.41. The van der Waals surface area contributed by atoms with Crippen LogP contribution in [0.5, 0.6) is 0 Å². The van der Waals surface area contributed by atoms with E-state index in [-0.39, 0.29) is 6.54 Å². The van der Waals surface area contributed by atoms with Gasteiger partial charge in [0.25, 0.3) is 0 Å². The van der Waals surface area contributed by atoms with Gasteiger partial charge in [-0.05, 0) is 24.6 Å². The first-order chi connectivity index (χ1) is 9.08. The van der Waals surface area contributed by atoms with E-state index in [0.717, 1.165) is 6.54 Å². The van der Waals surface area contributed by atoms with Crippen LogP contribution in [0.3, 0.4) is 0 Å². The van der Waals surface area contributed by atoms with Crippen molar-refractivity contribution in [1.29, 1.82) is 0 Å². The lowest BCUT2D eigenvalue weighted by Crippen LogP contribution is -2.34. The summed E-state index contributed by atoms with van der Waals surface area (Å²) in [5.41, 5.74) is 0.908. The molecule has 0 saturated carbocycles. The molecule has 0 aliphatic rings. The van der Waals surface area contributed by atoms with E-state index >= 15 is 0 Å². The molecule has 1 atom stereocenters. The van der Waals surface area contributed by atoms with E-state index in [1.165, 1.54) is 4.57 Å². The number of hydrogen-bond donors (Lipinski definition) is 2. The Bertz CT molecular complexity index is 588. The van der Waals surface area contributed by atoms with E-state index in [0.29, 0.717) is 23.7 Å². The summed E-state index contributed by atoms with van der Waals surface area (Å²) in [6, 6.07) is 3.39. The van der Waals surface area contributed by atoms with Gasteiger partial charge in [0.05, 0.1) is 12.6 Å². The second-order valence-electron chi connectivity index (χ2n) is 5.01. The Morgan fingerprint density at radius 2 is 2.26 bits per heavy atom. The van der Waals surface area contributed by atoms with Crippen LogP contribution in [0.4, 0.5) is 0 Å². The Hall–Kier alpha value is -1.66. The molecule has 19 heavy (non-hydrogen) atoms. The zero-order valence-corrected chi connectivity index (χ0v) is 11.2. The van der Waals surface area contributed by atoms with E-state index in [9.17, 15) is 9.90 Å². The van der Waals surface area contributed by atoms with Crippen molar-refractivity contribution in [2.45, 2.75) is 26.5 Å². The molecule has 0 amide bonds. The zero-order chi connectivity index (χ0) is 13.8. The van der Waals surface area contributed by atoms with Crippen LogP contribution in [0.1, 0.15) is 13.8 Å². The summed E-state index contributed by atoms with van der Waals surface area (Å²) >= 11 is 0. The largest absolute Gasteiger partial charge is 0.421 e. The van der Waals surface area contributed by atoms with E-state index < -0.39 is 11.9 Å². The third kappa shape index (κ3) is 3.42. The summed E-state index contributed by atoms with van der Waals surface area (Å²) < 4.78 is 6.41. The van der Waals surface area contributed by atoms with Crippen molar-refractivity contribution in [1.82, 2.24) is 14.9 Å². The van der Waals surface area contributed by atoms with E-state index in [4.69, 9.17) is 4.42 Å². The number of aliphatic hydroxyl groups excluding tert-OH is 1. The summed E-state index contributed by atoms with van der Waals surface area (Å²) in [6.45, 7) is 5.63. The van der Waals surface area contributed by atoms with Gasteiger partial charge in [0, 0.05) is 12.7 Å². The molecule has 2 rings (SSSR count). The Kier molecular flexibility index (Phi) is 4.34. The fraction of sp³-hybridized carbons (Fsp3) is 0.538. The topological polar surface area (TPSA) is 80.3 Å². The standard InChI is InChI=1S/C13H19N3O3/c1-9(2)6-14-7-10(17)8-16-12-11(19-13(16)18)4-3-5-15-12/h3-5,9-10,14,17H,6-8H2,1-2H3. The summed E-state index contributed by atoms with van der Waals surface area (Å²) in [5.74, 6) is 0.0305. The molecule has 104 valence electrons. The number of aromatic nitrogens is 2. The molecule has 6 heteroatoms. The van der Waals surface area contributed by atoms with Crippen LogP contribution >= 0.6 is 0 Å². The SMILES string of the molecule is CC(C)CNCC(O)Cn1c(=O)oc2cccnc21. The maximum Gasteiger partial charge on any atom is 0.421 e. The number of pyridine rings is 1. The van der Waals surface area contributed by atoms with Gasteiger partial charge in [0.1, 0.15) is 0 Å². The van der Waals surface area contributed by atoms with Crippen LogP contribution in [0.15, 0.2) is 27.5 Å². The highest BCUT2D eigenvalue weighted by atomic mass is 16.4. The average Bonchev–Trinajstić information content (AvgIpc) is 2.66. The number of aliphatic hydroxyl groups is 1. The van der Waals surface area contributed by atoms with Gasteiger partial charge < -0.3 is 14.8 Å². The minimum Gasteiger partial charge on any atom is -0.406 e. The third-order valence-electron chi connectivity index (χ3n) is 2.75. The van der Waals surface area contributed by atoms with Crippen molar-refractivity contribution in [3.05, 3.63) is 28.9 Å². The predicted molar refractivity (Wildman–Crippen MR) is 72.0 cm³/mol. The predicted octanol–water partition coefficient (Wildman–Crippen LogP) is 0.596. The molecule has 1 unspecified atom stereocenters. The summed E-state index contributed by atoms with van der Waals surface area (Å²) in [7, 11) is 0. The van der Waals surface area contributed by atoms with Crippen molar-refractivity contribution in [3.63, 3.8) is 0 Å². The van der Waals surface area contributed by atoms with Crippen LogP contribution in [0.25, 0.3) is 11.2 Å². The van der Waals surface area contributed by atoms with E-state index in [1.807, 2.05) is 0 Å². The normalized spacial score (nSPS) is 13.3. The number of fused-ring (bicyclic) bond motifs is 1. The smallest absolute Gasteiger partial charge is 0.406 e. The third-order valence-corrected chi connectivity index (χ3v) is 2.75. The molecule has 0 radical (unpaired) electrons. The second kappa shape index (κ2) is 5.99. The number of hydrogen-bond acceptors (Lipinski definition) is 5. The van der Waals surface area contributed by atoms with Gasteiger partial charge in [0.15, 0.2) is 11.2 Å². The van der Waals surface area contributed by atoms with Crippen LogP contribution in [-0.2, 0) is 6.54 Å². The number of oxazole rings is 1. The maximum atomic E-state index is 11.7. The lowest BCUT2D eigenvalue weighted by molar-refractivity contribution is 0.149. The minimum atomic E-state index is -0.653. The van der Waals surface area contributed by atoms with Gasteiger partial charge in [0.2, 0.25) is 0 Å². The van der Waals surface area contributed by atoms with Gasteiger partial charge >= 0.3 is 5.76 Å². The highest BCUT2D eigenvalue weighted by Crippen LogP contribution is 2.08. The highest BCUT2D eigenvalue weighted by Gasteiger charge is 2.13. The summed E-state index contributed by atoms with van der Waals surface area (Å²) in [6.07, 6.45) is 0.941. The molecule has 6 nitrogen and oxygen atoms in total. The van der Waals surface area contributed by atoms with Crippen LogP contribution in [0.2, 0.25) is 0 Å². The molecule has 0 bridgehead atoms. The molecule has 0 saturated heterocycles. The van der Waals surface area contributed by atoms with Gasteiger partial charge in [-0.2, -0.15) is 0 Å². The molecule has 0 aliphatic heterocycles. The van der Waals surface area contributed by atoms with Crippen LogP contribution < -0.4 is 11.1 Å². The average molecular weight is 265 g/mol. The Labute approximate surface area is 111 Å². The van der Waals surface area contributed by atoms with Crippen molar-refractivity contribution in [2.75, 3.05) is 13.1 Å². The van der Waals surface area contributed by atoms with Crippen LogP contribution in [0, 0.1) is 5.92 Å². The molecule has 0 aromatic carbocycles. The second-order valence-corrected chi connectivity index (χ2v) is 5.01. The molecule has 2 N–H and O–H groups in total. The lowest BCUT2D eigenvalue weighted by Gasteiger charge is -2.13.